The lowest BCUT2D eigenvalue weighted by molar-refractivity contribution is 0.320. The summed E-state index contributed by atoms with van der Waals surface area (Å²) in [7, 11) is 0. The van der Waals surface area contributed by atoms with E-state index in [2.05, 4.69) is 22.7 Å². The molecule has 0 atom stereocenters. The zero-order valence-electron chi connectivity index (χ0n) is 3.30. The molecule has 33 valence electrons. The van der Waals surface area contributed by atoms with Gasteiger partial charge in [-0.3, -0.25) is 0 Å². The summed E-state index contributed by atoms with van der Waals surface area (Å²) in [6.07, 6.45) is 0. The Morgan fingerprint density at radius 2 is 2.50 bits per heavy atom. The van der Waals surface area contributed by atoms with Crippen LogP contribution in [0.5, 0.6) is 0 Å². The fourth-order valence-electron chi connectivity index (χ4n) is 0.0204. The van der Waals surface area contributed by atoms with Gasteiger partial charge in [0.05, 0.1) is 11.1 Å². The van der Waals surface area contributed by atoms with Gasteiger partial charge in [-0.1, -0.05) is 17.4 Å². The second-order valence-corrected chi connectivity index (χ2v) is 0.992. The second kappa shape index (κ2) is 2.78. The standard InChI is InChI=1S/C3H4NOS/c1-3(2-6)4-5/h5H,1H3/b4-3+. The van der Waals surface area contributed by atoms with E-state index in [4.69, 9.17) is 5.21 Å². The van der Waals surface area contributed by atoms with Gasteiger partial charge < -0.3 is 5.21 Å². The van der Waals surface area contributed by atoms with Gasteiger partial charge in [0.15, 0.2) is 0 Å². The minimum absolute atomic E-state index is 0.338. The Bertz CT molecular complexity index is 78.9. The minimum atomic E-state index is 0.338. The van der Waals surface area contributed by atoms with E-state index in [1.165, 1.54) is 0 Å². The molecule has 0 aliphatic carbocycles. The van der Waals surface area contributed by atoms with E-state index in [-0.39, 0.29) is 0 Å². The normalized spacial score (nSPS) is 11.2. The lowest BCUT2D eigenvalue weighted by Crippen LogP contribution is -1.86. The Morgan fingerprint density at radius 1 is 2.00 bits per heavy atom. The summed E-state index contributed by atoms with van der Waals surface area (Å²) >= 11 is 4.23. The van der Waals surface area contributed by atoms with Crippen LogP contribution in [-0.2, 0) is 0 Å². The van der Waals surface area contributed by atoms with Crippen molar-refractivity contribution in [3.8, 4) is 0 Å². The summed E-state index contributed by atoms with van der Waals surface area (Å²) in [6, 6.07) is 0. The molecule has 0 aromatic rings. The van der Waals surface area contributed by atoms with Crippen LogP contribution in [0.25, 0.3) is 0 Å². The van der Waals surface area contributed by atoms with Crippen LogP contribution in [0.4, 0.5) is 0 Å². The lowest BCUT2D eigenvalue weighted by Gasteiger charge is -1.73. The SMILES string of the molecule is C/C([C]=S)=N\O. The Balaban J connectivity index is 3.50. The molecule has 0 saturated carbocycles. The number of oxime groups is 1. The number of hydrogen-bond acceptors (Lipinski definition) is 3. The quantitative estimate of drug-likeness (QED) is 0.229. The largest absolute Gasteiger partial charge is 0.411 e. The third-order valence-corrected chi connectivity index (χ3v) is 0.593. The monoisotopic (exact) mass is 102 g/mol. The van der Waals surface area contributed by atoms with Gasteiger partial charge in [0, 0.05) is 0 Å². The molecule has 6 heavy (non-hydrogen) atoms. The van der Waals surface area contributed by atoms with E-state index in [0.717, 1.165) is 0 Å². The third kappa shape index (κ3) is 1.84. The van der Waals surface area contributed by atoms with Gasteiger partial charge in [0.2, 0.25) is 0 Å². The maximum absolute atomic E-state index is 7.79. The molecule has 0 unspecified atom stereocenters. The van der Waals surface area contributed by atoms with E-state index in [0.29, 0.717) is 5.71 Å². The van der Waals surface area contributed by atoms with Crippen molar-refractivity contribution in [3.05, 3.63) is 0 Å². The van der Waals surface area contributed by atoms with Crippen molar-refractivity contribution < 1.29 is 5.21 Å². The molecular weight excluding hydrogens is 98.1 g/mol. The Labute approximate surface area is 41.5 Å². The summed E-state index contributed by atoms with van der Waals surface area (Å²) in [5.74, 6) is 0. The van der Waals surface area contributed by atoms with Gasteiger partial charge in [-0.2, -0.15) is 0 Å². The Morgan fingerprint density at radius 3 is 2.50 bits per heavy atom. The first-order chi connectivity index (χ1) is 2.81. The zero-order chi connectivity index (χ0) is 4.99. The van der Waals surface area contributed by atoms with Crippen molar-refractivity contribution in [3.63, 3.8) is 0 Å². The second-order valence-electron chi connectivity index (χ2n) is 0.787. The van der Waals surface area contributed by atoms with Crippen molar-refractivity contribution in [2.24, 2.45) is 5.16 Å². The van der Waals surface area contributed by atoms with E-state index in [9.17, 15) is 0 Å². The van der Waals surface area contributed by atoms with Crippen molar-refractivity contribution in [2.75, 3.05) is 0 Å². The van der Waals surface area contributed by atoms with Crippen LogP contribution in [0.2, 0.25) is 0 Å². The molecule has 0 bridgehead atoms. The molecule has 3 heteroatoms. The molecule has 0 aromatic carbocycles. The summed E-state index contributed by atoms with van der Waals surface area (Å²) in [6.45, 7) is 1.56. The highest BCUT2D eigenvalue weighted by Gasteiger charge is 1.75. The van der Waals surface area contributed by atoms with Crippen LogP contribution in [0.15, 0.2) is 5.16 Å². The van der Waals surface area contributed by atoms with Gasteiger partial charge in [-0.25, -0.2) is 0 Å². The van der Waals surface area contributed by atoms with Crippen LogP contribution in [-0.4, -0.2) is 16.3 Å². The van der Waals surface area contributed by atoms with Crippen LogP contribution in [0.1, 0.15) is 6.92 Å². The van der Waals surface area contributed by atoms with Crippen molar-refractivity contribution in [2.45, 2.75) is 6.92 Å². The van der Waals surface area contributed by atoms with Gasteiger partial charge in [0.1, 0.15) is 0 Å². The number of rotatable bonds is 1. The molecule has 0 aromatic heterocycles. The summed E-state index contributed by atoms with van der Waals surface area (Å²) in [5, 5.41) is 12.7. The molecule has 0 amide bonds. The van der Waals surface area contributed by atoms with Crippen LogP contribution < -0.4 is 0 Å². The summed E-state index contributed by atoms with van der Waals surface area (Å²) in [4.78, 5) is 0. The van der Waals surface area contributed by atoms with E-state index in [1.807, 2.05) is 0 Å². The van der Waals surface area contributed by atoms with Gasteiger partial charge >= 0.3 is 0 Å². The highest BCUT2D eigenvalue weighted by atomic mass is 32.1. The molecule has 0 aliphatic rings. The van der Waals surface area contributed by atoms with Crippen molar-refractivity contribution >= 4 is 23.3 Å². The number of hydrogen-bond donors (Lipinski definition) is 1. The van der Waals surface area contributed by atoms with Crippen LogP contribution in [0.3, 0.4) is 0 Å². The molecular formula is C3H4NOS. The van der Waals surface area contributed by atoms with Gasteiger partial charge in [-0.05, 0) is 6.92 Å². The van der Waals surface area contributed by atoms with Crippen molar-refractivity contribution in [1.29, 1.82) is 0 Å². The maximum atomic E-state index is 7.79. The summed E-state index contributed by atoms with van der Waals surface area (Å²) in [5.41, 5.74) is 0.338. The topological polar surface area (TPSA) is 32.6 Å². The highest BCUT2D eigenvalue weighted by Crippen LogP contribution is 1.64. The van der Waals surface area contributed by atoms with E-state index in [1.54, 1.807) is 6.92 Å². The van der Waals surface area contributed by atoms with Crippen molar-refractivity contribution in [1.82, 2.24) is 0 Å². The fraction of sp³-hybridized carbons (Fsp3) is 0.333. The smallest absolute Gasteiger partial charge is 0.0960 e. The molecule has 2 nitrogen and oxygen atoms in total. The molecule has 0 fully saturated rings. The first kappa shape index (κ1) is 5.56. The maximum Gasteiger partial charge on any atom is 0.0960 e. The molecule has 1 radical (unpaired) electrons. The molecule has 0 rings (SSSR count). The lowest BCUT2D eigenvalue weighted by atomic mass is 10.5. The fourth-order valence-corrected chi connectivity index (χ4v) is 0.0612. The predicted molar refractivity (Wildman–Crippen MR) is 27.5 cm³/mol. The Kier molecular flexibility index (Phi) is 2.58. The highest BCUT2D eigenvalue weighted by molar-refractivity contribution is 7.80. The molecule has 0 spiro atoms. The Hall–Kier alpha value is -0.440. The zero-order valence-corrected chi connectivity index (χ0v) is 4.12. The average Bonchev–Trinajstić information content (AvgIpc) is 1.65. The number of nitrogens with zero attached hydrogens (tertiary/aromatic N) is 1. The van der Waals surface area contributed by atoms with Gasteiger partial charge in [0.25, 0.3) is 0 Å². The molecule has 0 saturated heterocycles. The molecule has 1 N–H and O–H groups in total. The summed E-state index contributed by atoms with van der Waals surface area (Å²) < 4.78 is 0. The van der Waals surface area contributed by atoms with E-state index < -0.39 is 0 Å². The van der Waals surface area contributed by atoms with Gasteiger partial charge in [-0.15, -0.1) is 0 Å². The predicted octanol–water partition coefficient (Wildman–Crippen LogP) is 0.713. The third-order valence-electron chi connectivity index (χ3n) is 0.298. The van der Waals surface area contributed by atoms with Crippen LogP contribution >= 0.6 is 12.2 Å². The van der Waals surface area contributed by atoms with Crippen LogP contribution in [0, 0.1) is 0 Å². The minimum Gasteiger partial charge on any atom is -0.411 e. The first-order valence-electron chi connectivity index (χ1n) is 1.38. The first-order valence-corrected chi connectivity index (χ1v) is 1.79. The molecule has 0 heterocycles. The average molecular weight is 102 g/mol. The molecule has 0 aliphatic heterocycles. The number of thiocarbonyl (C=S) groups is 1. The van der Waals surface area contributed by atoms with E-state index >= 15 is 0 Å².